The summed E-state index contributed by atoms with van der Waals surface area (Å²) in [4.78, 5) is 21.7. The van der Waals surface area contributed by atoms with E-state index in [4.69, 9.17) is 15.0 Å². The van der Waals surface area contributed by atoms with E-state index in [0.717, 1.165) is 55.7 Å². The highest BCUT2D eigenvalue weighted by Crippen LogP contribution is 2.36. The number of hydrogen-bond donors (Lipinski definition) is 0. The van der Waals surface area contributed by atoms with Gasteiger partial charge in [-0.25, -0.2) is 9.97 Å². The summed E-state index contributed by atoms with van der Waals surface area (Å²) in [5.74, 6) is 1.06. The summed E-state index contributed by atoms with van der Waals surface area (Å²) in [6.07, 6.45) is 7.49. The number of piperazine rings is 1. The second kappa shape index (κ2) is 8.98. The Hall–Kier alpha value is -1.70. The molecule has 29 heavy (non-hydrogen) atoms. The molecule has 3 heterocycles. The number of aromatic nitrogens is 3. The molecule has 0 saturated carbocycles. The van der Waals surface area contributed by atoms with Crippen molar-refractivity contribution in [1.29, 1.82) is 0 Å². The van der Waals surface area contributed by atoms with Gasteiger partial charge < -0.3 is 9.80 Å². The predicted molar refractivity (Wildman–Crippen MR) is 120 cm³/mol. The minimum atomic E-state index is 0.202. The van der Waals surface area contributed by atoms with Gasteiger partial charge in [0, 0.05) is 44.5 Å². The Balaban J connectivity index is 1.59. The van der Waals surface area contributed by atoms with E-state index in [0.29, 0.717) is 6.04 Å². The molecular formula is C22H32N6S. The van der Waals surface area contributed by atoms with Gasteiger partial charge in [0.1, 0.15) is 5.82 Å². The van der Waals surface area contributed by atoms with Crippen LogP contribution in [-0.2, 0) is 6.42 Å². The van der Waals surface area contributed by atoms with Gasteiger partial charge in [0.25, 0.3) is 0 Å². The number of fused-ring (bicyclic) bond motifs is 1. The van der Waals surface area contributed by atoms with Crippen LogP contribution in [0.1, 0.15) is 48.8 Å². The molecule has 0 amide bonds. The van der Waals surface area contributed by atoms with Crippen molar-refractivity contribution in [1.82, 2.24) is 24.8 Å². The van der Waals surface area contributed by atoms with Crippen molar-refractivity contribution in [3.63, 3.8) is 0 Å². The Morgan fingerprint density at radius 2 is 2.00 bits per heavy atom. The molecule has 7 heteroatoms. The lowest BCUT2D eigenvalue weighted by Gasteiger charge is -2.36. The Morgan fingerprint density at radius 1 is 1.21 bits per heavy atom. The van der Waals surface area contributed by atoms with Crippen molar-refractivity contribution in [3.05, 3.63) is 41.3 Å². The van der Waals surface area contributed by atoms with Crippen LogP contribution < -0.4 is 4.90 Å². The fourth-order valence-electron chi connectivity index (χ4n) is 4.39. The fraction of sp³-hybridized carbons (Fsp3) is 0.591. The van der Waals surface area contributed by atoms with Gasteiger partial charge in [0.15, 0.2) is 5.16 Å². The molecule has 6 nitrogen and oxygen atoms in total. The number of thioether (sulfide) groups is 1. The van der Waals surface area contributed by atoms with Gasteiger partial charge >= 0.3 is 0 Å². The smallest absolute Gasteiger partial charge is 0.189 e. The van der Waals surface area contributed by atoms with Crippen LogP contribution in [0.3, 0.4) is 0 Å². The number of pyridine rings is 1. The summed E-state index contributed by atoms with van der Waals surface area (Å²) in [6.45, 7) is 6.45. The van der Waals surface area contributed by atoms with Crippen molar-refractivity contribution < 1.29 is 0 Å². The second-order valence-electron chi connectivity index (χ2n) is 8.23. The maximum atomic E-state index is 4.89. The summed E-state index contributed by atoms with van der Waals surface area (Å²) < 4.78 is 0. The Labute approximate surface area is 178 Å². The van der Waals surface area contributed by atoms with Crippen LogP contribution in [0.2, 0.25) is 0 Å². The van der Waals surface area contributed by atoms with E-state index in [9.17, 15) is 0 Å². The van der Waals surface area contributed by atoms with Gasteiger partial charge in [-0.3, -0.25) is 9.88 Å². The summed E-state index contributed by atoms with van der Waals surface area (Å²) in [5.41, 5.74) is 3.74. The van der Waals surface area contributed by atoms with Gasteiger partial charge in [0.05, 0.1) is 17.4 Å². The fourth-order valence-corrected chi connectivity index (χ4v) is 4.77. The molecular weight excluding hydrogens is 380 g/mol. The predicted octanol–water partition coefficient (Wildman–Crippen LogP) is 3.42. The average Bonchev–Trinajstić information content (AvgIpc) is 2.77. The maximum absolute atomic E-state index is 4.89. The van der Waals surface area contributed by atoms with Crippen LogP contribution in [0.5, 0.6) is 0 Å². The number of likely N-dealkylation sites (N-methyl/N-ethyl adjacent to an activating group) is 1. The summed E-state index contributed by atoms with van der Waals surface area (Å²) in [6, 6.07) is 7.04. The molecule has 2 aromatic heterocycles. The molecule has 1 saturated heterocycles. The van der Waals surface area contributed by atoms with E-state index in [1.807, 2.05) is 6.20 Å². The lowest BCUT2D eigenvalue weighted by molar-refractivity contribution is 0.161. The van der Waals surface area contributed by atoms with Gasteiger partial charge in [-0.2, -0.15) is 0 Å². The summed E-state index contributed by atoms with van der Waals surface area (Å²) in [7, 11) is 4.40. The van der Waals surface area contributed by atoms with E-state index >= 15 is 0 Å². The zero-order valence-electron chi connectivity index (χ0n) is 18.0. The van der Waals surface area contributed by atoms with Crippen molar-refractivity contribution in [2.75, 3.05) is 51.4 Å². The lowest BCUT2D eigenvalue weighted by Crippen LogP contribution is -2.45. The lowest BCUT2D eigenvalue weighted by atomic mass is 9.90. The molecule has 2 aromatic rings. The topological polar surface area (TPSA) is 48.4 Å². The number of anilines is 1. The molecule has 1 fully saturated rings. The first-order valence-corrected chi connectivity index (χ1v) is 11.8. The average molecular weight is 413 g/mol. The molecule has 0 N–H and O–H groups in total. The molecule has 2 aliphatic rings. The first kappa shape index (κ1) is 20.6. The first-order chi connectivity index (χ1) is 14.1. The molecule has 1 aliphatic carbocycles. The number of rotatable bonds is 5. The van der Waals surface area contributed by atoms with Gasteiger partial charge in [0.2, 0.25) is 0 Å². The van der Waals surface area contributed by atoms with Crippen LogP contribution in [0.15, 0.2) is 29.6 Å². The molecule has 156 valence electrons. The molecule has 1 aliphatic heterocycles. The van der Waals surface area contributed by atoms with E-state index in [2.05, 4.69) is 60.2 Å². The Kier molecular flexibility index (Phi) is 6.37. The van der Waals surface area contributed by atoms with Gasteiger partial charge in [-0.05, 0) is 58.2 Å². The molecule has 0 unspecified atom stereocenters. The van der Waals surface area contributed by atoms with Crippen molar-refractivity contribution >= 4 is 17.6 Å². The molecule has 4 rings (SSSR count). The van der Waals surface area contributed by atoms with E-state index in [1.165, 1.54) is 17.7 Å². The van der Waals surface area contributed by atoms with Crippen molar-refractivity contribution in [2.45, 2.75) is 43.4 Å². The van der Waals surface area contributed by atoms with Crippen LogP contribution in [0, 0.1) is 0 Å². The second-order valence-corrected chi connectivity index (χ2v) is 9.00. The van der Waals surface area contributed by atoms with Gasteiger partial charge in [-0.15, -0.1) is 0 Å². The van der Waals surface area contributed by atoms with Crippen LogP contribution in [-0.4, -0.2) is 71.3 Å². The largest absolute Gasteiger partial charge is 0.354 e. The highest BCUT2D eigenvalue weighted by Gasteiger charge is 2.29. The van der Waals surface area contributed by atoms with E-state index in [-0.39, 0.29) is 6.04 Å². The number of aryl methyl sites for hydroxylation is 1. The molecule has 0 bridgehead atoms. The van der Waals surface area contributed by atoms with Crippen LogP contribution in [0.4, 0.5) is 5.82 Å². The minimum absolute atomic E-state index is 0.202. The minimum Gasteiger partial charge on any atom is -0.354 e. The maximum Gasteiger partial charge on any atom is 0.189 e. The molecule has 0 radical (unpaired) electrons. The van der Waals surface area contributed by atoms with E-state index < -0.39 is 0 Å². The number of nitrogens with zero attached hydrogens (tertiary/aromatic N) is 6. The monoisotopic (exact) mass is 412 g/mol. The first-order valence-electron chi connectivity index (χ1n) is 10.6. The van der Waals surface area contributed by atoms with Crippen LogP contribution >= 0.6 is 11.8 Å². The van der Waals surface area contributed by atoms with Crippen molar-refractivity contribution in [3.8, 4) is 0 Å². The third kappa shape index (κ3) is 4.42. The van der Waals surface area contributed by atoms with Gasteiger partial charge in [-0.1, -0.05) is 17.8 Å². The third-order valence-corrected chi connectivity index (χ3v) is 6.97. The molecule has 0 aromatic carbocycles. The number of hydrogen-bond acceptors (Lipinski definition) is 7. The van der Waals surface area contributed by atoms with E-state index in [1.54, 1.807) is 11.8 Å². The summed E-state index contributed by atoms with van der Waals surface area (Å²) in [5, 5.41) is 0.860. The van der Waals surface area contributed by atoms with Crippen LogP contribution in [0.25, 0.3) is 0 Å². The quantitative estimate of drug-likeness (QED) is 0.551. The molecule has 2 atom stereocenters. The Morgan fingerprint density at radius 3 is 2.76 bits per heavy atom. The third-order valence-electron chi connectivity index (χ3n) is 6.42. The standard InChI is InChI=1S/C22H32N6S/c1-16(27(3)19-9-5-7-17-8-6-10-23-21(17)19)18-15-20(25-22(24-18)29-4)28-13-11-26(2)12-14-28/h6,8,10,15-16,19H,5,7,9,11-14H2,1-4H3/t16-,19-/m1/s1. The normalized spacial score (nSPS) is 21.3. The Bertz CT molecular complexity index is 836. The molecule has 0 spiro atoms. The zero-order chi connectivity index (χ0) is 20.4. The highest BCUT2D eigenvalue weighted by molar-refractivity contribution is 7.98. The zero-order valence-corrected chi connectivity index (χ0v) is 18.8. The summed E-state index contributed by atoms with van der Waals surface area (Å²) >= 11 is 1.62. The van der Waals surface area contributed by atoms with Crippen molar-refractivity contribution in [2.24, 2.45) is 0 Å². The SMILES string of the molecule is CSc1nc([C@@H](C)N(C)[C@@H]2CCCc3cccnc32)cc(N2CCN(C)CC2)n1. The highest BCUT2D eigenvalue weighted by atomic mass is 32.2.